The lowest BCUT2D eigenvalue weighted by Crippen LogP contribution is -2.46. The van der Waals surface area contributed by atoms with E-state index in [1.807, 2.05) is 80.3 Å². The Morgan fingerprint density at radius 3 is 2.41 bits per heavy atom. The molecule has 3 aromatic rings. The number of aliphatic carboxylic acids is 1. The molecule has 0 spiro atoms. The average Bonchev–Trinajstić information content (AvgIpc) is 3.44. The monoisotopic (exact) mass is 601 g/mol. The van der Waals surface area contributed by atoms with Gasteiger partial charge in [0.2, 0.25) is 11.8 Å². The Morgan fingerprint density at radius 1 is 1.02 bits per heavy atom. The highest BCUT2D eigenvalue weighted by Gasteiger charge is 2.44. The Balaban J connectivity index is 1.42. The summed E-state index contributed by atoms with van der Waals surface area (Å²) in [4.78, 5) is 47.9. The van der Waals surface area contributed by atoms with Gasteiger partial charge < -0.3 is 24.4 Å². The topological polar surface area (TPSA) is 109 Å². The Bertz CT molecular complexity index is 1500. The number of nitrogens with zero attached hydrogens (tertiary/aromatic N) is 3. The molecule has 3 heterocycles. The van der Waals surface area contributed by atoms with Crippen molar-refractivity contribution < 1.29 is 29.0 Å². The molecule has 2 aliphatic rings. The fourth-order valence-electron chi connectivity index (χ4n) is 6.40. The predicted octanol–water partition coefficient (Wildman–Crippen LogP) is 5.80. The first-order valence-corrected chi connectivity index (χ1v) is 15.5. The fourth-order valence-corrected chi connectivity index (χ4v) is 6.40. The zero-order valence-corrected chi connectivity index (χ0v) is 26.1. The number of rotatable bonds is 9. The number of carbonyl (C=O) groups is 3. The number of carboxylic acids is 1. The molecular formula is C35H43N3O6. The smallest absolute Gasteiger partial charge is 0.326 e. The minimum atomic E-state index is -1.07. The standard InChI is InChI=1S/C35H43N3O6/c1-35(2,3)21-24(17-32(39)37-15-9-6-10-16-37)33(40)38-22-26(19-30(38)34(41)42)44-31-20-28(23-11-7-5-8-12-23)36-29-18-25(43-4)13-14-27(29)31/h5,7-8,11-14,18,20,24,26,30H,6,9-10,15-17,19,21-22H2,1-4H3,(H,41,42)/t24-,26?,30-/m0/s1. The number of carboxylic acid groups (broad SMARTS) is 1. The third kappa shape index (κ3) is 7.31. The van der Waals surface area contributed by atoms with Gasteiger partial charge in [0.05, 0.1) is 24.9 Å². The number of likely N-dealkylation sites (tertiary alicyclic amines) is 2. The summed E-state index contributed by atoms with van der Waals surface area (Å²) in [5, 5.41) is 11.0. The quantitative estimate of drug-likeness (QED) is 0.330. The second kappa shape index (κ2) is 13.2. The molecule has 0 saturated carbocycles. The second-order valence-electron chi connectivity index (χ2n) is 13.2. The fraction of sp³-hybridized carbons (Fsp3) is 0.486. The molecule has 0 bridgehead atoms. The van der Waals surface area contributed by atoms with Crippen LogP contribution in [0, 0.1) is 11.3 Å². The van der Waals surface area contributed by atoms with E-state index in [4.69, 9.17) is 14.5 Å². The van der Waals surface area contributed by atoms with E-state index in [1.165, 1.54) is 4.90 Å². The lowest BCUT2D eigenvalue weighted by molar-refractivity contribution is -0.151. The van der Waals surface area contributed by atoms with Crippen LogP contribution in [0.25, 0.3) is 22.2 Å². The Morgan fingerprint density at radius 2 is 1.75 bits per heavy atom. The van der Waals surface area contributed by atoms with Crippen LogP contribution in [-0.2, 0) is 14.4 Å². The molecule has 1 aromatic heterocycles. The molecule has 234 valence electrons. The molecule has 3 atom stereocenters. The molecule has 1 unspecified atom stereocenters. The van der Waals surface area contributed by atoms with Gasteiger partial charge in [-0.2, -0.15) is 0 Å². The minimum absolute atomic E-state index is 0.0294. The number of ether oxygens (including phenoxy) is 2. The largest absolute Gasteiger partial charge is 0.497 e. The van der Waals surface area contributed by atoms with Crippen molar-refractivity contribution in [1.82, 2.24) is 14.8 Å². The molecule has 2 fully saturated rings. The summed E-state index contributed by atoms with van der Waals surface area (Å²) in [6, 6.07) is 16.1. The molecule has 5 rings (SSSR count). The number of methoxy groups -OCH3 is 1. The van der Waals surface area contributed by atoms with E-state index in [2.05, 4.69) is 0 Å². The van der Waals surface area contributed by atoms with Gasteiger partial charge in [0.1, 0.15) is 23.6 Å². The first-order chi connectivity index (χ1) is 21.0. The molecular weight excluding hydrogens is 558 g/mol. The maximum Gasteiger partial charge on any atom is 0.326 e. The van der Waals surface area contributed by atoms with E-state index < -0.39 is 24.0 Å². The van der Waals surface area contributed by atoms with Crippen molar-refractivity contribution in [3.8, 4) is 22.8 Å². The van der Waals surface area contributed by atoms with E-state index in [0.29, 0.717) is 42.2 Å². The van der Waals surface area contributed by atoms with Crippen LogP contribution >= 0.6 is 0 Å². The molecule has 2 aromatic carbocycles. The van der Waals surface area contributed by atoms with Crippen molar-refractivity contribution in [2.75, 3.05) is 26.7 Å². The van der Waals surface area contributed by atoms with Crippen molar-refractivity contribution in [2.24, 2.45) is 11.3 Å². The number of amides is 2. The Kier molecular flexibility index (Phi) is 9.42. The number of piperidine rings is 1. The van der Waals surface area contributed by atoms with E-state index in [-0.39, 0.29) is 36.6 Å². The number of carbonyl (C=O) groups excluding carboxylic acids is 2. The molecule has 2 saturated heterocycles. The SMILES string of the molecule is COc1ccc2c(OC3C[C@@H](C(=O)O)N(C(=O)[C@@H](CC(=O)N4CCCCC4)CC(C)(C)C)C3)cc(-c3ccccc3)nc2c1. The van der Waals surface area contributed by atoms with Crippen molar-refractivity contribution in [3.05, 3.63) is 54.6 Å². The number of hydrogen-bond donors (Lipinski definition) is 1. The molecule has 0 radical (unpaired) electrons. The molecule has 44 heavy (non-hydrogen) atoms. The van der Waals surface area contributed by atoms with Crippen LogP contribution in [-0.4, -0.2) is 76.6 Å². The average molecular weight is 602 g/mol. The van der Waals surface area contributed by atoms with E-state index >= 15 is 0 Å². The maximum atomic E-state index is 14.1. The van der Waals surface area contributed by atoms with Crippen LogP contribution in [0.3, 0.4) is 0 Å². The van der Waals surface area contributed by atoms with Gasteiger partial charge in [-0.1, -0.05) is 51.1 Å². The van der Waals surface area contributed by atoms with Gasteiger partial charge in [-0.25, -0.2) is 9.78 Å². The Hall–Kier alpha value is -4.14. The highest BCUT2D eigenvalue weighted by Crippen LogP contribution is 2.36. The lowest BCUT2D eigenvalue weighted by atomic mass is 9.82. The summed E-state index contributed by atoms with van der Waals surface area (Å²) < 4.78 is 12.0. The highest BCUT2D eigenvalue weighted by atomic mass is 16.5. The molecule has 2 amide bonds. The van der Waals surface area contributed by atoms with Gasteiger partial charge in [-0.15, -0.1) is 0 Å². The third-order valence-corrected chi connectivity index (χ3v) is 8.51. The molecule has 9 nitrogen and oxygen atoms in total. The highest BCUT2D eigenvalue weighted by molar-refractivity contribution is 5.90. The van der Waals surface area contributed by atoms with Gasteiger partial charge in [-0.05, 0) is 43.2 Å². The van der Waals surface area contributed by atoms with Gasteiger partial charge in [0, 0.05) is 54.9 Å². The number of fused-ring (bicyclic) bond motifs is 1. The van der Waals surface area contributed by atoms with Crippen LogP contribution < -0.4 is 9.47 Å². The minimum Gasteiger partial charge on any atom is -0.497 e. The Labute approximate surface area is 259 Å². The van der Waals surface area contributed by atoms with E-state index in [9.17, 15) is 19.5 Å². The number of benzene rings is 2. The molecule has 2 aliphatic heterocycles. The van der Waals surface area contributed by atoms with Gasteiger partial charge >= 0.3 is 5.97 Å². The van der Waals surface area contributed by atoms with Crippen LogP contribution in [0.1, 0.15) is 59.3 Å². The summed E-state index contributed by atoms with van der Waals surface area (Å²) in [6.45, 7) is 7.66. The van der Waals surface area contributed by atoms with Crippen LogP contribution in [0.4, 0.5) is 0 Å². The van der Waals surface area contributed by atoms with Crippen LogP contribution in [0.15, 0.2) is 54.6 Å². The second-order valence-corrected chi connectivity index (χ2v) is 13.2. The van der Waals surface area contributed by atoms with Gasteiger partial charge in [0.15, 0.2) is 0 Å². The molecule has 1 N–H and O–H groups in total. The maximum absolute atomic E-state index is 14.1. The lowest BCUT2D eigenvalue weighted by Gasteiger charge is -2.33. The normalized spacial score (nSPS) is 19.5. The molecule has 0 aliphatic carbocycles. The van der Waals surface area contributed by atoms with Crippen molar-refractivity contribution in [2.45, 2.75) is 71.4 Å². The van der Waals surface area contributed by atoms with Crippen LogP contribution in [0.2, 0.25) is 0 Å². The summed E-state index contributed by atoms with van der Waals surface area (Å²) in [5.41, 5.74) is 2.09. The zero-order valence-electron chi connectivity index (χ0n) is 26.1. The summed E-state index contributed by atoms with van der Waals surface area (Å²) in [7, 11) is 1.60. The van der Waals surface area contributed by atoms with Gasteiger partial charge in [-0.3, -0.25) is 9.59 Å². The summed E-state index contributed by atoms with van der Waals surface area (Å²) >= 11 is 0. The number of pyridine rings is 1. The third-order valence-electron chi connectivity index (χ3n) is 8.51. The van der Waals surface area contributed by atoms with Crippen molar-refractivity contribution in [1.29, 1.82) is 0 Å². The summed E-state index contributed by atoms with van der Waals surface area (Å²) in [6.07, 6.45) is 3.21. The number of aromatic nitrogens is 1. The van der Waals surface area contributed by atoms with Gasteiger partial charge in [0.25, 0.3) is 0 Å². The predicted molar refractivity (Wildman–Crippen MR) is 169 cm³/mol. The first-order valence-electron chi connectivity index (χ1n) is 15.5. The first kappa shape index (κ1) is 31.3. The van der Waals surface area contributed by atoms with E-state index in [1.54, 1.807) is 7.11 Å². The van der Waals surface area contributed by atoms with Crippen molar-refractivity contribution >= 4 is 28.7 Å². The van der Waals surface area contributed by atoms with Crippen LogP contribution in [0.5, 0.6) is 11.5 Å². The summed E-state index contributed by atoms with van der Waals surface area (Å²) in [5.74, 6) is -0.781. The number of hydrogen-bond acceptors (Lipinski definition) is 6. The zero-order chi connectivity index (χ0) is 31.4. The van der Waals surface area contributed by atoms with Crippen molar-refractivity contribution in [3.63, 3.8) is 0 Å². The molecule has 9 heteroatoms. The van der Waals surface area contributed by atoms with E-state index in [0.717, 1.165) is 30.2 Å².